The summed E-state index contributed by atoms with van der Waals surface area (Å²) in [7, 11) is 0. The third kappa shape index (κ3) is 2.36. The molecule has 0 amide bonds. The van der Waals surface area contributed by atoms with Crippen LogP contribution in [-0.4, -0.2) is 13.1 Å². The van der Waals surface area contributed by atoms with Gasteiger partial charge in [-0.3, -0.25) is 0 Å². The minimum absolute atomic E-state index is 0.159. The zero-order chi connectivity index (χ0) is 10.7. The molecule has 1 aliphatic rings. The van der Waals surface area contributed by atoms with Crippen LogP contribution in [0.1, 0.15) is 24.4 Å². The highest BCUT2D eigenvalue weighted by Crippen LogP contribution is 2.27. The molecule has 2 nitrogen and oxygen atoms in total. The van der Waals surface area contributed by atoms with Gasteiger partial charge in [0.1, 0.15) is 5.82 Å². The monoisotopic (exact) mass is 208 g/mol. The fourth-order valence-corrected chi connectivity index (χ4v) is 2.20. The quantitative estimate of drug-likeness (QED) is 0.778. The number of piperidine rings is 1. The molecule has 3 heteroatoms. The topological polar surface area (TPSA) is 38.0 Å². The standard InChI is InChI=1S/C12H17FN2/c13-11-4-2-1-3-10(11)12(14)9-5-7-15-8-6-9/h1-4,9,12,15H,5-8,14H2/t12-/m1/s1. The van der Waals surface area contributed by atoms with Gasteiger partial charge in [0.05, 0.1) is 0 Å². The Kier molecular flexibility index (Phi) is 3.34. The van der Waals surface area contributed by atoms with E-state index in [1.54, 1.807) is 12.1 Å². The molecular weight excluding hydrogens is 191 g/mol. The van der Waals surface area contributed by atoms with Gasteiger partial charge in [-0.05, 0) is 37.9 Å². The number of rotatable bonds is 2. The first-order chi connectivity index (χ1) is 7.29. The summed E-state index contributed by atoms with van der Waals surface area (Å²) in [5.74, 6) is 0.228. The van der Waals surface area contributed by atoms with Gasteiger partial charge in [-0.15, -0.1) is 0 Å². The van der Waals surface area contributed by atoms with Gasteiger partial charge in [-0.25, -0.2) is 4.39 Å². The van der Waals surface area contributed by atoms with E-state index in [0.29, 0.717) is 11.5 Å². The van der Waals surface area contributed by atoms with Crippen molar-refractivity contribution in [2.45, 2.75) is 18.9 Å². The van der Waals surface area contributed by atoms with E-state index >= 15 is 0 Å². The first kappa shape index (κ1) is 10.6. The van der Waals surface area contributed by atoms with Gasteiger partial charge in [0, 0.05) is 11.6 Å². The van der Waals surface area contributed by atoms with Crippen LogP contribution in [0.2, 0.25) is 0 Å². The lowest BCUT2D eigenvalue weighted by molar-refractivity contribution is 0.317. The molecule has 0 radical (unpaired) electrons. The van der Waals surface area contributed by atoms with Crippen LogP contribution in [0.15, 0.2) is 24.3 Å². The maximum absolute atomic E-state index is 13.5. The maximum Gasteiger partial charge on any atom is 0.127 e. The first-order valence-electron chi connectivity index (χ1n) is 5.50. The normalized spacial score (nSPS) is 20.1. The molecule has 82 valence electrons. The minimum Gasteiger partial charge on any atom is -0.324 e. The molecule has 1 saturated heterocycles. The van der Waals surface area contributed by atoms with Crippen molar-refractivity contribution >= 4 is 0 Å². The van der Waals surface area contributed by atoms with Crippen molar-refractivity contribution in [1.29, 1.82) is 0 Å². The smallest absolute Gasteiger partial charge is 0.127 e. The largest absolute Gasteiger partial charge is 0.324 e. The fourth-order valence-electron chi connectivity index (χ4n) is 2.20. The highest BCUT2D eigenvalue weighted by Gasteiger charge is 2.23. The molecule has 0 aliphatic carbocycles. The van der Waals surface area contributed by atoms with Crippen LogP contribution in [0, 0.1) is 11.7 Å². The predicted octanol–water partition coefficient (Wildman–Crippen LogP) is 1.83. The average molecular weight is 208 g/mol. The molecule has 1 heterocycles. The Morgan fingerprint density at radius 3 is 2.60 bits per heavy atom. The Bertz CT molecular complexity index is 321. The van der Waals surface area contributed by atoms with Crippen LogP contribution < -0.4 is 11.1 Å². The lowest BCUT2D eigenvalue weighted by Gasteiger charge is -2.28. The van der Waals surface area contributed by atoms with Gasteiger partial charge in [0.2, 0.25) is 0 Å². The number of hydrogen-bond acceptors (Lipinski definition) is 2. The second-order valence-electron chi connectivity index (χ2n) is 4.13. The second kappa shape index (κ2) is 4.73. The third-order valence-corrected chi connectivity index (χ3v) is 3.16. The Morgan fingerprint density at radius 2 is 1.93 bits per heavy atom. The molecule has 1 aromatic carbocycles. The molecule has 0 spiro atoms. The van der Waals surface area contributed by atoms with Crippen LogP contribution in [0.4, 0.5) is 4.39 Å². The van der Waals surface area contributed by atoms with E-state index in [4.69, 9.17) is 5.73 Å². The van der Waals surface area contributed by atoms with E-state index in [9.17, 15) is 4.39 Å². The van der Waals surface area contributed by atoms with Gasteiger partial charge < -0.3 is 11.1 Å². The molecule has 15 heavy (non-hydrogen) atoms. The molecule has 1 aliphatic heterocycles. The van der Waals surface area contributed by atoms with Gasteiger partial charge in [0.15, 0.2) is 0 Å². The van der Waals surface area contributed by atoms with Gasteiger partial charge in [-0.2, -0.15) is 0 Å². The van der Waals surface area contributed by atoms with Crippen LogP contribution in [0.5, 0.6) is 0 Å². The summed E-state index contributed by atoms with van der Waals surface area (Å²) < 4.78 is 13.5. The highest BCUT2D eigenvalue weighted by molar-refractivity contribution is 5.21. The molecule has 1 aromatic rings. The van der Waals surface area contributed by atoms with Crippen LogP contribution in [0.25, 0.3) is 0 Å². The lowest BCUT2D eigenvalue weighted by atomic mass is 9.86. The van der Waals surface area contributed by atoms with Crippen molar-refractivity contribution in [2.75, 3.05) is 13.1 Å². The molecule has 0 saturated carbocycles. The van der Waals surface area contributed by atoms with Crippen molar-refractivity contribution in [1.82, 2.24) is 5.32 Å². The van der Waals surface area contributed by atoms with E-state index in [1.807, 2.05) is 6.07 Å². The van der Waals surface area contributed by atoms with Crippen molar-refractivity contribution in [3.05, 3.63) is 35.6 Å². The summed E-state index contributed by atoms with van der Waals surface area (Å²) in [5.41, 5.74) is 6.76. The predicted molar refractivity (Wildman–Crippen MR) is 58.9 cm³/mol. The number of nitrogens with one attached hydrogen (secondary N) is 1. The first-order valence-corrected chi connectivity index (χ1v) is 5.50. The summed E-state index contributed by atoms with van der Waals surface area (Å²) in [6.45, 7) is 1.99. The summed E-state index contributed by atoms with van der Waals surface area (Å²) in [5, 5.41) is 3.29. The van der Waals surface area contributed by atoms with E-state index < -0.39 is 0 Å². The minimum atomic E-state index is -0.177. The summed E-state index contributed by atoms with van der Waals surface area (Å²) >= 11 is 0. The number of hydrogen-bond donors (Lipinski definition) is 2. The molecule has 3 N–H and O–H groups in total. The molecule has 2 rings (SSSR count). The molecular formula is C12H17FN2. The van der Waals surface area contributed by atoms with Crippen LogP contribution in [0.3, 0.4) is 0 Å². The molecule has 0 bridgehead atoms. The van der Waals surface area contributed by atoms with E-state index in [-0.39, 0.29) is 11.9 Å². The summed E-state index contributed by atoms with van der Waals surface area (Å²) in [4.78, 5) is 0. The fraction of sp³-hybridized carbons (Fsp3) is 0.500. The van der Waals surface area contributed by atoms with E-state index in [2.05, 4.69) is 5.32 Å². The Morgan fingerprint density at radius 1 is 1.27 bits per heavy atom. The van der Waals surface area contributed by atoms with Gasteiger partial charge >= 0.3 is 0 Å². The Balaban J connectivity index is 2.12. The van der Waals surface area contributed by atoms with Crippen molar-refractivity contribution in [3.8, 4) is 0 Å². The van der Waals surface area contributed by atoms with Crippen molar-refractivity contribution < 1.29 is 4.39 Å². The lowest BCUT2D eigenvalue weighted by Crippen LogP contribution is -2.34. The molecule has 1 fully saturated rings. The summed E-state index contributed by atoms with van der Waals surface area (Å²) in [6, 6.07) is 6.67. The third-order valence-electron chi connectivity index (χ3n) is 3.16. The highest BCUT2D eigenvalue weighted by atomic mass is 19.1. The van der Waals surface area contributed by atoms with Crippen molar-refractivity contribution in [3.63, 3.8) is 0 Å². The SMILES string of the molecule is N[C@@H](c1ccccc1F)C1CCNCC1. The van der Waals surface area contributed by atoms with Gasteiger partial charge in [0.25, 0.3) is 0 Å². The van der Waals surface area contributed by atoms with Crippen LogP contribution in [-0.2, 0) is 0 Å². The summed E-state index contributed by atoms with van der Waals surface area (Å²) in [6.07, 6.45) is 2.07. The van der Waals surface area contributed by atoms with E-state index in [0.717, 1.165) is 25.9 Å². The Labute approximate surface area is 89.7 Å². The second-order valence-corrected chi connectivity index (χ2v) is 4.13. The number of halogens is 1. The molecule has 1 atom stereocenters. The number of benzene rings is 1. The van der Waals surface area contributed by atoms with Gasteiger partial charge in [-0.1, -0.05) is 18.2 Å². The average Bonchev–Trinajstić information content (AvgIpc) is 2.30. The van der Waals surface area contributed by atoms with E-state index in [1.165, 1.54) is 6.07 Å². The zero-order valence-electron chi connectivity index (χ0n) is 8.75. The number of nitrogens with two attached hydrogens (primary N) is 1. The maximum atomic E-state index is 13.5. The van der Waals surface area contributed by atoms with Crippen LogP contribution >= 0.6 is 0 Å². The Hall–Kier alpha value is -0.930. The van der Waals surface area contributed by atoms with Crippen molar-refractivity contribution in [2.24, 2.45) is 11.7 Å². The molecule has 0 aromatic heterocycles. The zero-order valence-corrected chi connectivity index (χ0v) is 8.75. The molecule has 0 unspecified atom stereocenters.